The van der Waals surface area contributed by atoms with Gasteiger partial charge in [0.25, 0.3) is 0 Å². The van der Waals surface area contributed by atoms with Crippen LogP contribution in [0.15, 0.2) is 24.3 Å². The molecule has 100 valence electrons. The Hall–Kier alpha value is -0.875. The second-order valence-electron chi connectivity index (χ2n) is 5.08. The predicted molar refractivity (Wildman–Crippen MR) is 71.3 cm³/mol. The monoisotopic (exact) mass is 252 g/mol. The molecule has 0 saturated carbocycles. The Morgan fingerprint density at radius 3 is 2.33 bits per heavy atom. The first-order valence-corrected chi connectivity index (χ1v) is 6.22. The number of hydrogen-bond acceptors (Lipinski definition) is 4. The molecule has 0 bridgehead atoms. The van der Waals surface area contributed by atoms with Crippen molar-refractivity contribution in [3.05, 3.63) is 29.8 Å². The lowest BCUT2D eigenvalue weighted by atomic mass is 9.79. The van der Waals surface area contributed by atoms with Crippen molar-refractivity contribution >= 4 is 12.6 Å². The summed E-state index contributed by atoms with van der Waals surface area (Å²) in [6.45, 7) is 4.02. The van der Waals surface area contributed by atoms with Gasteiger partial charge in [0.05, 0.1) is 12.2 Å². The van der Waals surface area contributed by atoms with Gasteiger partial charge in [-0.3, -0.25) is 0 Å². The topological polar surface area (TPSA) is 80.9 Å². The van der Waals surface area contributed by atoms with E-state index in [1.165, 1.54) is 6.07 Å². The lowest BCUT2D eigenvalue weighted by molar-refractivity contribution is 0.0682. The van der Waals surface area contributed by atoms with Crippen molar-refractivity contribution in [3.8, 4) is 0 Å². The van der Waals surface area contributed by atoms with Crippen LogP contribution in [0.1, 0.15) is 38.4 Å². The van der Waals surface area contributed by atoms with Crippen LogP contribution in [0.2, 0.25) is 0 Å². The zero-order chi connectivity index (χ0) is 13.7. The van der Waals surface area contributed by atoms with Crippen LogP contribution in [-0.2, 0) is 0 Å². The van der Waals surface area contributed by atoms with Gasteiger partial charge in [-0.25, -0.2) is 0 Å². The fourth-order valence-electron chi connectivity index (χ4n) is 1.96. The Bertz CT molecular complexity index is 368. The van der Waals surface area contributed by atoms with E-state index in [9.17, 15) is 10.2 Å². The second kappa shape index (κ2) is 6.90. The second-order valence-corrected chi connectivity index (χ2v) is 5.08. The minimum atomic E-state index is -1.54. The molecule has 0 spiro atoms. The van der Waals surface area contributed by atoms with Crippen molar-refractivity contribution < 1.29 is 20.3 Å². The van der Waals surface area contributed by atoms with Gasteiger partial charge in [0, 0.05) is 6.42 Å². The molecule has 0 heterocycles. The molecule has 5 heteroatoms. The van der Waals surface area contributed by atoms with Crippen LogP contribution in [0.4, 0.5) is 0 Å². The van der Waals surface area contributed by atoms with Gasteiger partial charge in [0.2, 0.25) is 0 Å². The van der Waals surface area contributed by atoms with Gasteiger partial charge in [-0.15, -0.1) is 0 Å². The molecular formula is C13H21BO4. The fraction of sp³-hybridized carbons (Fsp3) is 0.538. The van der Waals surface area contributed by atoms with E-state index in [1.54, 1.807) is 18.2 Å². The predicted octanol–water partition coefficient (Wildman–Crippen LogP) is 0.197. The van der Waals surface area contributed by atoms with Gasteiger partial charge in [0.1, 0.15) is 0 Å². The lowest BCUT2D eigenvalue weighted by Crippen LogP contribution is -2.30. The van der Waals surface area contributed by atoms with Crippen molar-refractivity contribution in [3.63, 3.8) is 0 Å². The van der Waals surface area contributed by atoms with E-state index in [-0.39, 0.29) is 6.42 Å². The molecule has 4 nitrogen and oxygen atoms in total. The number of aliphatic hydroxyl groups excluding tert-OH is 2. The van der Waals surface area contributed by atoms with E-state index < -0.39 is 19.3 Å². The third kappa shape index (κ3) is 4.78. The zero-order valence-electron chi connectivity index (χ0n) is 10.8. The lowest BCUT2D eigenvalue weighted by Gasteiger charge is -2.18. The van der Waals surface area contributed by atoms with Crippen LogP contribution in [-0.4, -0.2) is 33.5 Å². The first kappa shape index (κ1) is 15.2. The van der Waals surface area contributed by atoms with Crippen LogP contribution in [0.3, 0.4) is 0 Å². The summed E-state index contributed by atoms with van der Waals surface area (Å²) in [5.41, 5.74) is 0.924. The maximum atomic E-state index is 9.99. The molecule has 0 amide bonds. The van der Waals surface area contributed by atoms with Gasteiger partial charge in [0.15, 0.2) is 0 Å². The summed E-state index contributed by atoms with van der Waals surface area (Å²) in [4.78, 5) is 0. The molecular weight excluding hydrogens is 231 g/mol. The highest BCUT2D eigenvalue weighted by Crippen LogP contribution is 2.20. The van der Waals surface area contributed by atoms with E-state index in [0.29, 0.717) is 23.4 Å². The summed E-state index contributed by atoms with van der Waals surface area (Å²) in [6, 6.07) is 6.48. The molecule has 0 aromatic heterocycles. The third-order valence-corrected chi connectivity index (χ3v) is 2.83. The molecule has 1 rings (SSSR count). The van der Waals surface area contributed by atoms with Crippen molar-refractivity contribution in [2.45, 2.75) is 38.9 Å². The zero-order valence-corrected chi connectivity index (χ0v) is 10.8. The molecule has 1 aromatic carbocycles. The van der Waals surface area contributed by atoms with Crippen LogP contribution in [0.25, 0.3) is 0 Å². The van der Waals surface area contributed by atoms with Crippen molar-refractivity contribution in [1.29, 1.82) is 0 Å². The van der Waals surface area contributed by atoms with Crippen LogP contribution >= 0.6 is 0 Å². The molecule has 4 N–H and O–H groups in total. The van der Waals surface area contributed by atoms with Gasteiger partial charge in [-0.1, -0.05) is 38.1 Å². The summed E-state index contributed by atoms with van der Waals surface area (Å²) in [6.07, 6.45) is -0.456. The normalized spacial score (nSPS) is 14.6. The highest BCUT2D eigenvalue weighted by molar-refractivity contribution is 6.58. The van der Waals surface area contributed by atoms with Crippen molar-refractivity contribution in [2.75, 3.05) is 0 Å². The van der Waals surface area contributed by atoms with E-state index in [0.717, 1.165) is 0 Å². The number of rotatable bonds is 6. The Morgan fingerprint density at radius 1 is 1.11 bits per heavy atom. The van der Waals surface area contributed by atoms with Crippen LogP contribution < -0.4 is 5.46 Å². The smallest absolute Gasteiger partial charge is 0.423 e. The van der Waals surface area contributed by atoms with Gasteiger partial charge >= 0.3 is 7.12 Å². The number of benzene rings is 1. The SMILES string of the molecule is CC(C)CC(O)CC(O)c1cccc(B(O)O)c1. The Labute approximate surface area is 108 Å². The molecule has 2 unspecified atom stereocenters. The third-order valence-electron chi connectivity index (χ3n) is 2.83. The molecule has 2 atom stereocenters. The molecule has 0 aliphatic rings. The van der Waals surface area contributed by atoms with E-state index >= 15 is 0 Å². The minimum absolute atomic E-state index is 0.253. The average Bonchev–Trinajstić information content (AvgIpc) is 2.27. The molecule has 1 aromatic rings. The maximum absolute atomic E-state index is 9.99. The van der Waals surface area contributed by atoms with E-state index in [4.69, 9.17) is 10.0 Å². The van der Waals surface area contributed by atoms with E-state index in [2.05, 4.69) is 0 Å². The minimum Gasteiger partial charge on any atom is -0.423 e. The summed E-state index contributed by atoms with van der Waals surface area (Å²) in [7, 11) is -1.54. The van der Waals surface area contributed by atoms with Crippen molar-refractivity contribution in [1.82, 2.24) is 0 Å². The molecule has 18 heavy (non-hydrogen) atoms. The quantitative estimate of drug-likeness (QED) is 0.545. The summed E-state index contributed by atoms with van der Waals surface area (Å²) < 4.78 is 0. The fourth-order valence-corrected chi connectivity index (χ4v) is 1.96. The van der Waals surface area contributed by atoms with Gasteiger partial charge < -0.3 is 20.3 Å². The van der Waals surface area contributed by atoms with E-state index in [1.807, 2.05) is 13.8 Å². The van der Waals surface area contributed by atoms with Crippen molar-refractivity contribution in [2.24, 2.45) is 5.92 Å². The standard InChI is InChI=1S/C13H21BO4/c1-9(2)6-12(15)8-13(16)10-4-3-5-11(7-10)14(17)18/h3-5,7,9,12-13,15-18H,6,8H2,1-2H3. The molecule has 0 aliphatic carbocycles. The summed E-state index contributed by atoms with van der Waals surface area (Å²) >= 11 is 0. The van der Waals surface area contributed by atoms with Gasteiger partial charge in [-0.2, -0.15) is 0 Å². The Kier molecular flexibility index (Phi) is 5.82. The Morgan fingerprint density at radius 2 is 1.78 bits per heavy atom. The Balaban J connectivity index is 2.66. The first-order valence-electron chi connectivity index (χ1n) is 6.22. The average molecular weight is 252 g/mol. The number of hydrogen-bond donors (Lipinski definition) is 4. The molecule has 0 saturated heterocycles. The van der Waals surface area contributed by atoms with Crippen LogP contribution in [0, 0.1) is 5.92 Å². The molecule has 0 fully saturated rings. The summed E-state index contributed by atoms with van der Waals surface area (Å²) in [5.74, 6) is 0.373. The maximum Gasteiger partial charge on any atom is 0.488 e. The summed E-state index contributed by atoms with van der Waals surface area (Å²) in [5, 5.41) is 37.9. The first-order chi connectivity index (χ1) is 8.40. The highest BCUT2D eigenvalue weighted by Gasteiger charge is 2.17. The number of aliphatic hydroxyl groups is 2. The van der Waals surface area contributed by atoms with Gasteiger partial charge in [-0.05, 0) is 23.4 Å². The molecule has 0 radical (unpaired) electrons. The molecule has 0 aliphatic heterocycles. The van der Waals surface area contributed by atoms with Crippen LogP contribution in [0.5, 0.6) is 0 Å². The highest BCUT2D eigenvalue weighted by atomic mass is 16.4. The largest absolute Gasteiger partial charge is 0.488 e.